The number of ether oxygens (including phenoxy) is 2. The SMILES string of the molecule is CCCCCCCCOC(=O)c1ccccc1C(=O)OCCCCCCCC.CCc1cc[nH]c1CC.c1ccncc1. The number of benzene rings is 1. The Balaban J connectivity index is 0.000000493. The highest BCUT2D eigenvalue weighted by Gasteiger charge is 2.18. The Morgan fingerprint density at radius 2 is 1.09 bits per heavy atom. The maximum Gasteiger partial charge on any atom is 0.339 e. The van der Waals surface area contributed by atoms with Gasteiger partial charge in [0.25, 0.3) is 0 Å². The largest absolute Gasteiger partial charge is 0.462 e. The molecule has 43 heavy (non-hydrogen) atoms. The Kier molecular flexibility index (Phi) is 22.9. The van der Waals surface area contributed by atoms with Gasteiger partial charge in [-0.25, -0.2) is 9.59 Å². The van der Waals surface area contributed by atoms with Crippen molar-refractivity contribution in [1.29, 1.82) is 0 Å². The van der Waals surface area contributed by atoms with E-state index in [-0.39, 0.29) is 0 Å². The first-order valence-corrected chi connectivity index (χ1v) is 16.5. The van der Waals surface area contributed by atoms with Crippen LogP contribution in [0.15, 0.2) is 67.1 Å². The lowest BCUT2D eigenvalue weighted by molar-refractivity contribution is 0.0450. The number of aromatic amines is 1. The maximum atomic E-state index is 12.4. The molecule has 0 unspecified atom stereocenters. The molecule has 0 atom stereocenters. The summed E-state index contributed by atoms with van der Waals surface area (Å²) in [7, 11) is 0. The molecule has 0 bridgehead atoms. The molecule has 0 saturated carbocycles. The molecular weight excluding hydrogens is 536 g/mol. The molecule has 6 nitrogen and oxygen atoms in total. The quantitative estimate of drug-likeness (QED) is 0.117. The van der Waals surface area contributed by atoms with Gasteiger partial charge in [-0.15, -0.1) is 0 Å². The summed E-state index contributed by atoms with van der Waals surface area (Å²) >= 11 is 0. The number of hydrogen-bond acceptors (Lipinski definition) is 5. The van der Waals surface area contributed by atoms with Crippen LogP contribution >= 0.6 is 0 Å². The van der Waals surface area contributed by atoms with E-state index in [0.717, 1.165) is 38.5 Å². The third-order valence-electron chi connectivity index (χ3n) is 7.06. The second-order valence-corrected chi connectivity index (χ2v) is 10.6. The Morgan fingerprint density at radius 1 is 0.605 bits per heavy atom. The van der Waals surface area contributed by atoms with Crippen LogP contribution in [0.3, 0.4) is 0 Å². The Hall–Kier alpha value is -3.41. The number of pyridine rings is 1. The molecule has 0 aliphatic heterocycles. The van der Waals surface area contributed by atoms with Gasteiger partial charge in [-0.1, -0.05) is 110 Å². The highest BCUT2D eigenvalue weighted by atomic mass is 16.5. The van der Waals surface area contributed by atoms with Crippen LogP contribution < -0.4 is 0 Å². The van der Waals surface area contributed by atoms with Gasteiger partial charge in [0.05, 0.1) is 24.3 Å². The molecule has 0 amide bonds. The number of aromatic nitrogens is 2. The van der Waals surface area contributed by atoms with E-state index in [9.17, 15) is 9.59 Å². The van der Waals surface area contributed by atoms with Crippen LogP contribution in [-0.4, -0.2) is 35.1 Å². The normalized spacial score (nSPS) is 10.1. The van der Waals surface area contributed by atoms with Crippen molar-refractivity contribution >= 4 is 11.9 Å². The zero-order chi connectivity index (χ0) is 31.4. The number of hydrogen-bond donors (Lipinski definition) is 1. The molecule has 0 aliphatic carbocycles. The molecule has 238 valence electrons. The van der Waals surface area contributed by atoms with Crippen LogP contribution in [0.25, 0.3) is 0 Å². The first-order chi connectivity index (χ1) is 21.1. The minimum Gasteiger partial charge on any atom is -0.462 e. The summed E-state index contributed by atoms with van der Waals surface area (Å²) in [4.78, 5) is 31.7. The number of H-pyrrole nitrogens is 1. The van der Waals surface area contributed by atoms with E-state index in [1.54, 1.807) is 36.7 Å². The average molecular weight is 593 g/mol. The highest BCUT2D eigenvalue weighted by Crippen LogP contribution is 2.14. The van der Waals surface area contributed by atoms with Gasteiger partial charge in [0.2, 0.25) is 0 Å². The van der Waals surface area contributed by atoms with Crippen LogP contribution in [0.1, 0.15) is 137 Å². The van der Waals surface area contributed by atoms with Gasteiger partial charge < -0.3 is 14.5 Å². The van der Waals surface area contributed by atoms with Gasteiger partial charge >= 0.3 is 11.9 Å². The van der Waals surface area contributed by atoms with E-state index in [0.29, 0.717) is 24.3 Å². The smallest absolute Gasteiger partial charge is 0.339 e. The molecule has 2 aromatic heterocycles. The van der Waals surface area contributed by atoms with Crippen molar-refractivity contribution in [1.82, 2.24) is 9.97 Å². The number of unbranched alkanes of at least 4 members (excludes halogenated alkanes) is 10. The average Bonchev–Trinajstić information content (AvgIpc) is 3.53. The van der Waals surface area contributed by atoms with Crippen molar-refractivity contribution in [3.8, 4) is 0 Å². The number of carbonyl (C=O) groups excluding carboxylic acids is 2. The molecule has 0 fully saturated rings. The van der Waals surface area contributed by atoms with Crippen LogP contribution in [0.5, 0.6) is 0 Å². The molecule has 6 heteroatoms. The first-order valence-electron chi connectivity index (χ1n) is 16.5. The number of nitrogens with one attached hydrogen (secondary N) is 1. The second-order valence-electron chi connectivity index (χ2n) is 10.6. The van der Waals surface area contributed by atoms with Crippen molar-refractivity contribution in [3.63, 3.8) is 0 Å². The van der Waals surface area contributed by atoms with Gasteiger partial charge in [0.15, 0.2) is 0 Å². The van der Waals surface area contributed by atoms with Gasteiger partial charge in [0.1, 0.15) is 0 Å². The minimum atomic E-state index is -0.444. The van der Waals surface area contributed by atoms with Crippen molar-refractivity contribution < 1.29 is 19.1 Å². The summed E-state index contributed by atoms with van der Waals surface area (Å²) in [5.41, 5.74) is 3.43. The highest BCUT2D eigenvalue weighted by molar-refractivity contribution is 6.03. The predicted molar refractivity (Wildman–Crippen MR) is 178 cm³/mol. The van der Waals surface area contributed by atoms with Crippen molar-refractivity contribution in [2.75, 3.05) is 13.2 Å². The number of aryl methyl sites for hydroxylation is 2. The van der Waals surface area contributed by atoms with Gasteiger partial charge in [-0.3, -0.25) is 4.98 Å². The molecule has 1 aromatic carbocycles. The monoisotopic (exact) mass is 592 g/mol. The Labute approximate surface area is 261 Å². The van der Waals surface area contributed by atoms with E-state index in [4.69, 9.17) is 9.47 Å². The van der Waals surface area contributed by atoms with Gasteiger partial charge in [-0.2, -0.15) is 0 Å². The summed E-state index contributed by atoms with van der Waals surface area (Å²) < 4.78 is 10.7. The zero-order valence-electron chi connectivity index (χ0n) is 27.2. The fraction of sp³-hybridized carbons (Fsp3) is 0.541. The molecule has 0 saturated heterocycles. The lowest BCUT2D eigenvalue weighted by Crippen LogP contribution is -2.15. The summed E-state index contributed by atoms with van der Waals surface area (Å²) in [6, 6.07) is 14.6. The Bertz CT molecular complexity index is 987. The van der Waals surface area contributed by atoms with E-state index < -0.39 is 11.9 Å². The molecule has 3 rings (SSSR count). The fourth-order valence-electron chi connectivity index (χ4n) is 4.50. The molecule has 1 N–H and O–H groups in total. The van der Waals surface area contributed by atoms with Gasteiger partial charge in [0, 0.05) is 24.3 Å². The Morgan fingerprint density at radius 3 is 1.47 bits per heavy atom. The van der Waals surface area contributed by atoms with Crippen molar-refractivity contribution in [2.24, 2.45) is 0 Å². The summed E-state index contributed by atoms with van der Waals surface area (Å²) in [6.07, 6.45) is 21.4. The summed E-state index contributed by atoms with van der Waals surface area (Å²) in [5.74, 6) is -0.888. The van der Waals surface area contributed by atoms with Crippen LogP contribution in [0.4, 0.5) is 0 Å². The van der Waals surface area contributed by atoms with Crippen LogP contribution in [-0.2, 0) is 22.3 Å². The third kappa shape index (κ3) is 18.0. The lowest BCUT2D eigenvalue weighted by atomic mass is 10.1. The molecule has 0 aliphatic rings. The fourth-order valence-corrected chi connectivity index (χ4v) is 4.50. The molecular formula is C37H56N2O4. The number of nitrogens with zero attached hydrogens (tertiary/aromatic N) is 1. The number of rotatable bonds is 18. The minimum absolute atomic E-state index is 0.293. The topological polar surface area (TPSA) is 81.3 Å². The molecule has 0 spiro atoms. The van der Waals surface area contributed by atoms with E-state index >= 15 is 0 Å². The summed E-state index contributed by atoms with van der Waals surface area (Å²) in [6.45, 7) is 9.53. The van der Waals surface area contributed by atoms with E-state index in [1.807, 2.05) is 24.4 Å². The van der Waals surface area contributed by atoms with E-state index in [1.165, 1.54) is 62.6 Å². The lowest BCUT2D eigenvalue weighted by Gasteiger charge is -2.10. The standard InChI is InChI=1S/C24H38O4.C8H13N.C5H5N/c1-3-5-7-9-11-15-19-27-23(25)21-17-13-14-18-22(21)24(26)28-20-16-12-10-8-6-4-2;1-3-7-5-6-9-8(7)4-2;1-2-4-6-5-3-1/h13-14,17-18H,3-12,15-16,19-20H2,1-2H3;5-6,9H,3-4H2,1-2H3;1-5H. The maximum absolute atomic E-state index is 12.4. The summed E-state index contributed by atoms with van der Waals surface area (Å²) in [5, 5.41) is 0. The first kappa shape index (κ1) is 37.6. The van der Waals surface area contributed by atoms with Crippen molar-refractivity contribution in [3.05, 3.63) is 89.5 Å². The van der Waals surface area contributed by atoms with Crippen LogP contribution in [0.2, 0.25) is 0 Å². The predicted octanol–water partition coefficient (Wildman–Crippen LogP) is 9.94. The third-order valence-corrected chi connectivity index (χ3v) is 7.06. The van der Waals surface area contributed by atoms with E-state index in [2.05, 4.69) is 43.7 Å². The molecule has 0 radical (unpaired) electrons. The number of esters is 2. The van der Waals surface area contributed by atoms with Crippen molar-refractivity contribution in [2.45, 2.75) is 118 Å². The number of carbonyl (C=O) groups is 2. The molecule has 2 heterocycles. The van der Waals surface area contributed by atoms with Crippen LogP contribution in [0, 0.1) is 0 Å². The van der Waals surface area contributed by atoms with Gasteiger partial charge in [-0.05, 0) is 61.6 Å². The molecule has 3 aromatic rings. The second kappa shape index (κ2) is 26.2. The zero-order valence-corrected chi connectivity index (χ0v) is 27.2.